The van der Waals surface area contributed by atoms with E-state index < -0.39 is 20.2 Å². The quantitative estimate of drug-likeness (QED) is 0.352. The Labute approximate surface area is 284 Å². The molecule has 11 heteroatoms. The molecule has 0 unspecified atom stereocenters. The third-order valence-electron chi connectivity index (χ3n) is 10.1. The minimum Gasteiger partial charge on any atom is -0.378 e. The maximum Gasteiger partial charge on any atom is 0.282 e. The summed E-state index contributed by atoms with van der Waals surface area (Å²) in [5.74, 6) is 1.01. The Morgan fingerprint density at radius 2 is 1.34 bits per heavy atom. The van der Waals surface area contributed by atoms with E-state index in [-0.39, 0.29) is 11.4 Å². The standard InChI is InChI=1S/C36H55N5O4S2/c1-31-28-40(46(42,43)36-18-16-35(17-19-36)37(2)3)24-10-22-38(30-32-12-6-4-7-13-32)23-11-25-41(29-31)47(44,45)39-26-20-34(21-27-39)33-14-8-5-9-15-33/h5,8-9,14-19,28,32,34H,4,6-7,10-13,20-27,29-30H2,1-3H3/b31-28-. The van der Waals surface area contributed by atoms with Crippen LogP contribution in [0.2, 0.25) is 0 Å². The average Bonchev–Trinajstić information content (AvgIpc) is 3.07. The summed E-state index contributed by atoms with van der Waals surface area (Å²) < 4.78 is 61.1. The van der Waals surface area contributed by atoms with Gasteiger partial charge in [0.15, 0.2) is 0 Å². The van der Waals surface area contributed by atoms with E-state index in [1.807, 2.05) is 56.3 Å². The molecule has 260 valence electrons. The van der Waals surface area contributed by atoms with Crippen LogP contribution >= 0.6 is 0 Å². The summed E-state index contributed by atoms with van der Waals surface area (Å²) in [6, 6.07) is 17.3. The lowest BCUT2D eigenvalue weighted by Gasteiger charge is -2.36. The molecule has 0 aromatic heterocycles. The number of piperidine rings is 1. The van der Waals surface area contributed by atoms with Crippen molar-refractivity contribution < 1.29 is 16.8 Å². The maximum atomic E-state index is 14.2. The molecule has 2 fully saturated rings. The first-order chi connectivity index (χ1) is 22.5. The molecule has 0 radical (unpaired) electrons. The highest BCUT2D eigenvalue weighted by Gasteiger charge is 2.34. The molecule has 0 bridgehead atoms. The zero-order chi connectivity index (χ0) is 33.4. The third-order valence-corrected chi connectivity index (χ3v) is 13.9. The topological polar surface area (TPSA) is 84.5 Å². The molecule has 2 aromatic rings. The molecule has 5 rings (SSSR count). The summed E-state index contributed by atoms with van der Waals surface area (Å²) in [6.07, 6.45) is 11.0. The third kappa shape index (κ3) is 9.38. The second-order valence-electron chi connectivity index (χ2n) is 13.9. The fourth-order valence-electron chi connectivity index (χ4n) is 7.40. The minimum absolute atomic E-state index is 0.162. The summed E-state index contributed by atoms with van der Waals surface area (Å²) in [7, 11) is -3.72. The number of nitrogens with zero attached hydrogens (tertiary/aromatic N) is 5. The smallest absolute Gasteiger partial charge is 0.282 e. The van der Waals surface area contributed by atoms with Gasteiger partial charge in [0.05, 0.1) is 4.90 Å². The molecule has 9 nitrogen and oxygen atoms in total. The summed E-state index contributed by atoms with van der Waals surface area (Å²) in [5.41, 5.74) is 2.91. The van der Waals surface area contributed by atoms with Crippen molar-refractivity contribution in [2.45, 2.75) is 75.5 Å². The first-order valence-corrected chi connectivity index (χ1v) is 20.4. The number of benzene rings is 2. The fraction of sp³-hybridized carbons (Fsp3) is 0.611. The van der Waals surface area contributed by atoms with Crippen LogP contribution in [0.3, 0.4) is 0 Å². The second-order valence-corrected chi connectivity index (χ2v) is 17.7. The lowest BCUT2D eigenvalue weighted by Crippen LogP contribution is -2.48. The van der Waals surface area contributed by atoms with Gasteiger partial charge in [0.25, 0.3) is 20.2 Å². The van der Waals surface area contributed by atoms with Gasteiger partial charge in [-0.1, -0.05) is 49.6 Å². The molecule has 1 saturated carbocycles. The van der Waals surface area contributed by atoms with Crippen LogP contribution in [0.15, 0.2) is 71.3 Å². The Bertz CT molecular complexity index is 1520. The lowest BCUT2D eigenvalue weighted by molar-refractivity contribution is 0.189. The summed E-state index contributed by atoms with van der Waals surface area (Å²) >= 11 is 0. The van der Waals surface area contributed by atoms with Gasteiger partial charge >= 0.3 is 0 Å². The van der Waals surface area contributed by atoms with Crippen LogP contribution in [0.4, 0.5) is 5.69 Å². The molecule has 0 spiro atoms. The highest BCUT2D eigenvalue weighted by Crippen LogP contribution is 2.30. The van der Waals surface area contributed by atoms with Crippen LogP contribution in [-0.4, -0.2) is 101 Å². The van der Waals surface area contributed by atoms with Crippen LogP contribution in [-0.2, 0) is 20.2 Å². The van der Waals surface area contributed by atoms with Crippen molar-refractivity contribution in [2.75, 3.05) is 71.4 Å². The molecule has 2 aliphatic heterocycles. The Morgan fingerprint density at radius 3 is 1.98 bits per heavy atom. The van der Waals surface area contributed by atoms with E-state index in [0.717, 1.165) is 44.6 Å². The molecular formula is C36H55N5O4S2. The monoisotopic (exact) mass is 685 g/mol. The molecule has 3 aliphatic rings. The summed E-state index contributed by atoms with van der Waals surface area (Å²) in [5, 5.41) is 0. The van der Waals surface area contributed by atoms with Gasteiger partial charge in [-0.3, -0.25) is 4.31 Å². The predicted molar refractivity (Wildman–Crippen MR) is 191 cm³/mol. The largest absolute Gasteiger partial charge is 0.378 e. The molecule has 2 aromatic carbocycles. The molecule has 0 atom stereocenters. The molecule has 1 saturated heterocycles. The zero-order valence-corrected chi connectivity index (χ0v) is 30.3. The van der Waals surface area contributed by atoms with E-state index in [1.165, 1.54) is 42.0 Å². The van der Waals surface area contributed by atoms with Gasteiger partial charge in [-0.05, 0) is 106 Å². The molecule has 1 aliphatic carbocycles. The van der Waals surface area contributed by atoms with E-state index in [1.54, 1.807) is 26.9 Å². The van der Waals surface area contributed by atoms with Gasteiger partial charge in [-0.25, -0.2) is 8.42 Å². The minimum atomic E-state index is -3.84. The Morgan fingerprint density at radius 1 is 0.702 bits per heavy atom. The van der Waals surface area contributed by atoms with Crippen molar-refractivity contribution in [3.05, 3.63) is 71.9 Å². The highest BCUT2D eigenvalue weighted by atomic mass is 32.2. The normalized spacial score (nSPS) is 22.6. The SMILES string of the molecule is C/C1=C/N(S(=O)(=O)c2ccc(N(C)C)cc2)CCCN(CC2CCCCC2)CCCN(S(=O)(=O)N2CCC(c3ccccc3)CC2)C1. The van der Waals surface area contributed by atoms with Crippen molar-refractivity contribution in [3.63, 3.8) is 0 Å². The number of sulfonamides is 1. The van der Waals surface area contributed by atoms with Crippen LogP contribution in [0.1, 0.15) is 76.2 Å². The van der Waals surface area contributed by atoms with Crippen molar-refractivity contribution in [3.8, 4) is 0 Å². The Balaban J connectivity index is 1.38. The number of hydrogen-bond donors (Lipinski definition) is 0. The van der Waals surface area contributed by atoms with Crippen molar-refractivity contribution in [1.29, 1.82) is 0 Å². The van der Waals surface area contributed by atoms with Gasteiger partial charge in [0.1, 0.15) is 0 Å². The van der Waals surface area contributed by atoms with E-state index >= 15 is 0 Å². The van der Waals surface area contributed by atoms with Gasteiger partial charge < -0.3 is 9.80 Å². The first kappa shape index (κ1) is 35.9. The van der Waals surface area contributed by atoms with Crippen LogP contribution < -0.4 is 4.90 Å². The summed E-state index contributed by atoms with van der Waals surface area (Å²) in [4.78, 5) is 4.64. The van der Waals surface area contributed by atoms with Gasteiger partial charge in [0.2, 0.25) is 0 Å². The van der Waals surface area contributed by atoms with Gasteiger partial charge in [-0.2, -0.15) is 17.0 Å². The molecule has 2 heterocycles. The van der Waals surface area contributed by atoms with Crippen LogP contribution in [0, 0.1) is 5.92 Å². The molecule has 0 amide bonds. The highest BCUT2D eigenvalue weighted by molar-refractivity contribution is 7.89. The van der Waals surface area contributed by atoms with Gasteiger partial charge in [-0.15, -0.1) is 0 Å². The predicted octanol–water partition coefficient (Wildman–Crippen LogP) is 5.75. The van der Waals surface area contributed by atoms with Crippen LogP contribution in [0.5, 0.6) is 0 Å². The van der Waals surface area contributed by atoms with E-state index in [4.69, 9.17) is 0 Å². The van der Waals surface area contributed by atoms with Crippen molar-refractivity contribution in [2.24, 2.45) is 5.92 Å². The molecule has 0 N–H and O–H groups in total. The maximum absolute atomic E-state index is 14.2. The fourth-order valence-corrected chi connectivity index (χ4v) is 10.6. The van der Waals surface area contributed by atoms with Gasteiger partial charge in [0, 0.05) is 65.3 Å². The molecular weight excluding hydrogens is 631 g/mol. The molecule has 47 heavy (non-hydrogen) atoms. The Kier molecular flexibility index (Phi) is 12.4. The van der Waals surface area contributed by atoms with Crippen LogP contribution in [0.25, 0.3) is 0 Å². The van der Waals surface area contributed by atoms with E-state index in [9.17, 15) is 16.8 Å². The summed E-state index contributed by atoms with van der Waals surface area (Å²) in [6.45, 7) is 6.32. The first-order valence-electron chi connectivity index (χ1n) is 17.5. The average molecular weight is 686 g/mol. The van der Waals surface area contributed by atoms with Crippen molar-refractivity contribution in [1.82, 2.24) is 17.8 Å². The number of hydrogen-bond acceptors (Lipinski definition) is 6. The zero-order valence-electron chi connectivity index (χ0n) is 28.6. The second kappa shape index (κ2) is 16.3. The van der Waals surface area contributed by atoms with E-state index in [2.05, 4.69) is 17.0 Å². The lowest BCUT2D eigenvalue weighted by atomic mass is 9.89. The van der Waals surface area contributed by atoms with E-state index in [0.29, 0.717) is 50.0 Å². The van der Waals surface area contributed by atoms with Crippen molar-refractivity contribution >= 4 is 25.9 Å². The number of rotatable bonds is 8. The number of anilines is 1. The Hall–Kier alpha value is -2.44.